The minimum atomic E-state index is -1.09. The van der Waals surface area contributed by atoms with Crippen LogP contribution in [0.2, 0.25) is 0 Å². The number of nitriles is 1. The average Bonchev–Trinajstić information content (AvgIpc) is 2.14. The number of nitrogens with zero attached hydrogens (tertiary/aromatic N) is 2. The molecule has 12 heavy (non-hydrogen) atoms. The summed E-state index contributed by atoms with van der Waals surface area (Å²) in [6.07, 6.45) is 0. The van der Waals surface area contributed by atoms with Crippen LogP contribution in [0.15, 0.2) is 0 Å². The van der Waals surface area contributed by atoms with Gasteiger partial charge in [0.25, 0.3) is 0 Å². The van der Waals surface area contributed by atoms with Crippen LogP contribution in [0, 0.1) is 16.7 Å². The number of rotatable bonds is 0. The molecule has 5 nitrogen and oxygen atoms in total. The minimum Gasteiger partial charge on any atom is -0.389 e. The Labute approximate surface area is 70.0 Å². The van der Waals surface area contributed by atoms with Gasteiger partial charge in [0.15, 0.2) is 5.41 Å². The minimum absolute atomic E-state index is 0.150. The van der Waals surface area contributed by atoms with Gasteiger partial charge >= 0.3 is 7.25 Å². The predicted molar refractivity (Wildman–Crippen MR) is 38.5 cm³/mol. The Bertz CT molecular complexity index is 266. The van der Waals surface area contributed by atoms with Gasteiger partial charge in [-0.05, 0) is 0 Å². The van der Waals surface area contributed by atoms with Crippen LogP contribution in [-0.2, 0) is 14.1 Å². The van der Waals surface area contributed by atoms with Crippen LogP contribution in [0.1, 0.15) is 0 Å². The lowest BCUT2D eigenvalue weighted by Crippen LogP contribution is -2.66. The molecule has 0 aromatic rings. The first kappa shape index (κ1) is 7.59. The second-order valence-corrected chi connectivity index (χ2v) is 3.04. The summed E-state index contributed by atoms with van der Waals surface area (Å²) in [6.45, 7) is 0.300. The second kappa shape index (κ2) is 2.22. The molecule has 0 atom stereocenters. The monoisotopic (exact) mass is 166 g/mol. The second-order valence-electron chi connectivity index (χ2n) is 3.04. The highest BCUT2D eigenvalue weighted by Gasteiger charge is 2.56. The van der Waals surface area contributed by atoms with E-state index < -0.39 is 12.7 Å². The van der Waals surface area contributed by atoms with Crippen molar-refractivity contribution in [3.8, 4) is 6.07 Å². The van der Waals surface area contributed by atoms with Crippen LogP contribution in [0.5, 0.6) is 0 Å². The van der Waals surface area contributed by atoms with E-state index in [9.17, 15) is 4.79 Å². The lowest BCUT2D eigenvalue weighted by molar-refractivity contribution is -0.151. The Morgan fingerprint density at radius 3 is 2.67 bits per heavy atom. The lowest BCUT2D eigenvalue weighted by atomic mass is 9.80. The Morgan fingerprint density at radius 1 is 1.67 bits per heavy atom. The summed E-state index contributed by atoms with van der Waals surface area (Å²) >= 11 is 0. The van der Waals surface area contributed by atoms with Gasteiger partial charge in [-0.2, -0.15) is 5.26 Å². The first-order chi connectivity index (χ1) is 5.69. The molecule has 0 aliphatic carbocycles. The fourth-order valence-electron chi connectivity index (χ4n) is 1.41. The zero-order chi connectivity index (χ0) is 8.77. The molecule has 3 rings (SSSR count). The van der Waals surface area contributed by atoms with Crippen molar-refractivity contribution < 1.29 is 14.1 Å². The first-order valence-electron chi connectivity index (χ1n) is 3.61. The largest absolute Gasteiger partial charge is 0.595 e. The number of carbonyl (C=O) groups is 1. The average molecular weight is 166 g/mol. The molecule has 0 radical (unpaired) electrons. The van der Waals surface area contributed by atoms with Crippen molar-refractivity contribution in [3.63, 3.8) is 0 Å². The van der Waals surface area contributed by atoms with Crippen LogP contribution < -0.4 is 0 Å². The van der Waals surface area contributed by atoms with Crippen molar-refractivity contribution in [1.82, 2.24) is 4.81 Å². The Morgan fingerprint density at radius 2 is 2.25 bits per heavy atom. The molecule has 1 amide bonds. The molecule has 6 heteroatoms. The topological polar surface area (TPSA) is 62.6 Å². The quantitative estimate of drug-likeness (QED) is 0.433. The molecule has 0 aromatic carbocycles. The van der Waals surface area contributed by atoms with E-state index >= 15 is 0 Å². The van der Waals surface area contributed by atoms with Gasteiger partial charge in [-0.3, -0.25) is 4.79 Å². The summed E-state index contributed by atoms with van der Waals surface area (Å²) in [5, 5.41) is 8.80. The zero-order valence-electron chi connectivity index (χ0n) is 6.61. The molecule has 2 bridgehead atoms. The highest BCUT2D eigenvalue weighted by molar-refractivity contribution is 6.47. The van der Waals surface area contributed by atoms with Crippen molar-refractivity contribution in [3.05, 3.63) is 0 Å². The number of hydrogen-bond acceptors (Lipinski definition) is 4. The van der Waals surface area contributed by atoms with Gasteiger partial charge in [0.1, 0.15) is 0 Å². The van der Waals surface area contributed by atoms with Crippen LogP contribution in [0.4, 0.5) is 0 Å². The molecule has 0 unspecified atom stereocenters. The normalized spacial score (nSPS) is 25.8. The molecule has 62 valence electrons. The molecule has 3 saturated heterocycles. The molecule has 3 fully saturated rings. The van der Waals surface area contributed by atoms with Crippen molar-refractivity contribution in [1.29, 1.82) is 5.26 Å². The molecule has 3 aliphatic heterocycles. The standard InChI is InChI=1S/C6H7BN2O3/c1-9-5(10)6(2-8)3-11-7(9)12-4-6/h3-4H2,1H3. The maximum absolute atomic E-state index is 11.5. The fourth-order valence-corrected chi connectivity index (χ4v) is 1.41. The third-order valence-corrected chi connectivity index (χ3v) is 2.20. The van der Waals surface area contributed by atoms with E-state index in [4.69, 9.17) is 14.6 Å². The summed E-state index contributed by atoms with van der Waals surface area (Å²) in [5.41, 5.74) is -1.09. The third kappa shape index (κ3) is 0.723. The molecular formula is C6H7BN2O3. The molecule has 0 aromatic heterocycles. The Hall–Kier alpha value is -1.06. The summed E-state index contributed by atoms with van der Waals surface area (Å²) < 4.78 is 10.2. The molecule has 0 saturated carbocycles. The number of fused-ring (bicyclic) bond motifs is 3. The van der Waals surface area contributed by atoms with Gasteiger partial charge in [-0.25, -0.2) is 0 Å². The van der Waals surface area contributed by atoms with Crippen molar-refractivity contribution in [2.24, 2.45) is 5.41 Å². The summed E-state index contributed by atoms with van der Waals surface area (Å²) in [6, 6.07) is 1.94. The highest BCUT2D eigenvalue weighted by Crippen LogP contribution is 2.31. The van der Waals surface area contributed by atoms with Crippen molar-refractivity contribution in [2.75, 3.05) is 20.3 Å². The molecule has 0 N–H and O–H groups in total. The van der Waals surface area contributed by atoms with Gasteiger partial charge in [0, 0.05) is 7.05 Å². The van der Waals surface area contributed by atoms with E-state index in [-0.39, 0.29) is 19.1 Å². The van der Waals surface area contributed by atoms with Crippen LogP contribution in [0.3, 0.4) is 0 Å². The molecule has 3 heterocycles. The number of carbonyl (C=O) groups excluding carboxylic acids is 1. The third-order valence-electron chi connectivity index (χ3n) is 2.20. The maximum Gasteiger partial charge on any atom is 0.595 e. The zero-order valence-corrected chi connectivity index (χ0v) is 6.61. The van der Waals surface area contributed by atoms with Crippen molar-refractivity contribution in [2.45, 2.75) is 0 Å². The van der Waals surface area contributed by atoms with Gasteiger partial charge < -0.3 is 14.1 Å². The van der Waals surface area contributed by atoms with Crippen LogP contribution in [-0.4, -0.2) is 38.2 Å². The Balaban J connectivity index is 2.36. The SMILES string of the molecule is CN1B2OCC(C#N)(CO2)C1=O. The summed E-state index contributed by atoms with van der Waals surface area (Å²) in [4.78, 5) is 12.8. The van der Waals surface area contributed by atoms with Crippen molar-refractivity contribution >= 4 is 13.2 Å². The van der Waals surface area contributed by atoms with Gasteiger partial charge in [-0.1, -0.05) is 0 Å². The predicted octanol–water partition coefficient (Wildman–Crippen LogP) is -1.000. The van der Waals surface area contributed by atoms with Crippen LogP contribution in [0.25, 0.3) is 0 Å². The van der Waals surface area contributed by atoms with E-state index in [1.807, 2.05) is 6.07 Å². The number of amides is 1. The van der Waals surface area contributed by atoms with E-state index in [1.54, 1.807) is 7.05 Å². The Kier molecular flexibility index (Phi) is 1.40. The van der Waals surface area contributed by atoms with E-state index in [0.717, 1.165) is 0 Å². The fraction of sp³-hybridized carbons (Fsp3) is 0.667. The molecular weight excluding hydrogens is 159 g/mol. The molecule has 3 aliphatic rings. The van der Waals surface area contributed by atoms with E-state index in [1.165, 1.54) is 4.81 Å². The van der Waals surface area contributed by atoms with Gasteiger partial charge in [0.2, 0.25) is 5.91 Å². The highest BCUT2D eigenvalue weighted by atomic mass is 16.6. The summed E-state index contributed by atoms with van der Waals surface area (Å²) in [5.74, 6) is -0.201. The molecule has 0 spiro atoms. The van der Waals surface area contributed by atoms with E-state index in [2.05, 4.69) is 0 Å². The van der Waals surface area contributed by atoms with E-state index in [0.29, 0.717) is 0 Å². The first-order valence-corrected chi connectivity index (χ1v) is 3.61. The van der Waals surface area contributed by atoms with Crippen LogP contribution >= 0.6 is 0 Å². The van der Waals surface area contributed by atoms with Gasteiger partial charge in [0.05, 0.1) is 19.3 Å². The number of hydrogen-bond donors (Lipinski definition) is 0. The smallest absolute Gasteiger partial charge is 0.389 e. The maximum atomic E-state index is 11.5. The summed E-state index contributed by atoms with van der Waals surface area (Å²) in [7, 11) is 0.977. The van der Waals surface area contributed by atoms with Gasteiger partial charge in [-0.15, -0.1) is 0 Å². The lowest BCUT2D eigenvalue weighted by Gasteiger charge is -2.43.